The van der Waals surface area contributed by atoms with Crippen LogP contribution in [-0.4, -0.2) is 24.7 Å². The minimum absolute atomic E-state index is 0.205. The number of methoxy groups -OCH3 is 1. The topological polar surface area (TPSA) is 50.4 Å². The predicted molar refractivity (Wildman–Crippen MR) is 79.6 cm³/mol. The maximum atomic E-state index is 10.9. The third kappa shape index (κ3) is 5.97. The van der Waals surface area contributed by atoms with E-state index in [4.69, 9.17) is 12.2 Å². The summed E-state index contributed by atoms with van der Waals surface area (Å²) in [4.78, 5) is 10.9. The monoisotopic (exact) mass is 330 g/mol. The number of esters is 1. The van der Waals surface area contributed by atoms with E-state index < -0.39 is 0 Å². The molecule has 0 spiro atoms. The highest BCUT2D eigenvalue weighted by Crippen LogP contribution is 2.13. The molecule has 1 rings (SSSR count). The van der Waals surface area contributed by atoms with Crippen molar-refractivity contribution in [3.63, 3.8) is 0 Å². The van der Waals surface area contributed by atoms with Crippen LogP contribution >= 0.6 is 28.1 Å². The summed E-state index contributed by atoms with van der Waals surface area (Å²) in [5.41, 5.74) is 0.920. The molecular formula is C12H15BrN2O2S. The zero-order chi connectivity index (χ0) is 13.4. The molecule has 18 heavy (non-hydrogen) atoms. The second-order valence-corrected chi connectivity index (χ2v) is 4.89. The van der Waals surface area contributed by atoms with Crippen LogP contribution in [0, 0.1) is 0 Å². The van der Waals surface area contributed by atoms with Crippen LogP contribution in [0.5, 0.6) is 0 Å². The van der Waals surface area contributed by atoms with Gasteiger partial charge in [-0.25, -0.2) is 0 Å². The molecule has 0 radical (unpaired) electrons. The summed E-state index contributed by atoms with van der Waals surface area (Å²) < 4.78 is 5.56. The van der Waals surface area contributed by atoms with E-state index in [9.17, 15) is 4.79 Å². The quantitative estimate of drug-likeness (QED) is 0.494. The van der Waals surface area contributed by atoms with Crippen molar-refractivity contribution in [2.24, 2.45) is 0 Å². The number of hydrogen-bond donors (Lipinski definition) is 2. The van der Waals surface area contributed by atoms with Crippen molar-refractivity contribution < 1.29 is 9.53 Å². The summed E-state index contributed by atoms with van der Waals surface area (Å²) in [5, 5.41) is 6.62. The summed E-state index contributed by atoms with van der Waals surface area (Å²) in [6, 6.07) is 7.71. The number of anilines is 1. The van der Waals surface area contributed by atoms with Crippen LogP contribution in [0.3, 0.4) is 0 Å². The molecule has 0 saturated heterocycles. The van der Waals surface area contributed by atoms with Gasteiger partial charge in [0.25, 0.3) is 0 Å². The Bertz CT molecular complexity index is 409. The summed E-state index contributed by atoms with van der Waals surface area (Å²) in [6.07, 6.45) is 1.08. The fourth-order valence-corrected chi connectivity index (χ4v) is 1.73. The van der Waals surface area contributed by atoms with Crippen LogP contribution in [0.2, 0.25) is 0 Å². The molecule has 1 aromatic rings. The molecule has 0 aromatic heterocycles. The van der Waals surface area contributed by atoms with Crippen LogP contribution in [0.25, 0.3) is 0 Å². The van der Waals surface area contributed by atoms with Gasteiger partial charge in [0.05, 0.1) is 7.11 Å². The van der Waals surface area contributed by atoms with E-state index in [1.54, 1.807) is 0 Å². The number of rotatable bonds is 5. The van der Waals surface area contributed by atoms with Gasteiger partial charge in [0.15, 0.2) is 5.11 Å². The zero-order valence-corrected chi connectivity index (χ0v) is 12.4. The van der Waals surface area contributed by atoms with Crippen molar-refractivity contribution in [3.05, 3.63) is 28.7 Å². The molecule has 4 nitrogen and oxygen atoms in total. The molecule has 0 amide bonds. The highest BCUT2D eigenvalue weighted by atomic mass is 79.9. The van der Waals surface area contributed by atoms with E-state index in [0.717, 1.165) is 10.2 Å². The summed E-state index contributed by atoms with van der Waals surface area (Å²) >= 11 is 8.49. The minimum atomic E-state index is -0.205. The molecule has 98 valence electrons. The van der Waals surface area contributed by atoms with Crippen LogP contribution in [0.1, 0.15) is 12.8 Å². The smallest absolute Gasteiger partial charge is 0.305 e. The Hall–Kier alpha value is -1.14. The van der Waals surface area contributed by atoms with Crippen molar-refractivity contribution >= 4 is 44.9 Å². The van der Waals surface area contributed by atoms with Crippen LogP contribution in [0.15, 0.2) is 28.7 Å². The first-order valence-corrected chi connectivity index (χ1v) is 6.69. The number of carbonyl (C=O) groups excluding carboxylic acids is 1. The zero-order valence-electron chi connectivity index (χ0n) is 10.0. The first-order valence-electron chi connectivity index (χ1n) is 5.49. The van der Waals surface area contributed by atoms with Crippen molar-refractivity contribution in [3.8, 4) is 0 Å². The van der Waals surface area contributed by atoms with E-state index >= 15 is 0 Å². The molecule has 0 atom stereocenters. The molecule has 0 aliphatic rings. The fourth-order valence-electron chi connectivity index (χ4n) is 1.25. The lowest BCUT2D eigenvalue weighted by atomic mass is 10.3. The average molecular weight is 331 g/mol. The third-order valence-electron chi connectivity index (χ3n) is 2.17. The molecular weight excluding hydrogens is 316 g/mol. The summed E-state index contributed by atoms with van der Waals surface area (Å²) in [5.74, 6) is -0.205. The molecule has 2 N–H and O–H groups in total. The molecule has 0 saturated carbocycles. The lowest BCUT2D eigenvalue weighted by molar-refractivity contribution is -0.140. The summed E-state index contributed by atoms with van der Waals surface area (Å²) in [6.45, 7) is 0.636. The molecule has 0 unspecified atom stereocenters. The highest BCUT2D eigenvalue weighted by Gasteiger charge is 2.00. The Balaban J connectivity index is 2.21. The number of halogens is 1. The van der Waals surface area contributed by atoms with E-state index in [1.165, 1.54) is 7.11 Å². The lowest BCUT2D eigenvalue weighted by Crippen LogP contribution is -2.29. The fraction of sp³-hybridized carbons (Fsp3) is 0.333. The number of thiocarbonyl (C=S) groups is 1. The minimum Gasteiger partial charge on any atom is -0.469 e. The third-order valence-corrected chi connectivity index (χ3v) is 2.95. The Kier molecular flexibility index (Phi) is 6.67. The number of benzene rings is 1. The van der Waals surface area contributed by atoms with Crippen molar-refractivity contribution in [1.29, 1.82) is 0 Å². The Morgan fingerprint density at radius 2 is 2.06 bits per heavy atom. The molecule has 0 aliphatic carbocycles. The second kappa shape index (κ2) is 8.05. The number of hydrogen-bond acceptors (Lipinski definition) is 3. The van der Waals surface area contributed by atoms with E-state index in [-0.39, 0.29) is 5.97 Å². The Morgan fingerprint density at radius 3 is 2.67 bits per heavy atom. The van der Waals surface area contributed by atoms with E-state index in [1.807, 2.05) is 24.3 Å². The van der Waals surface area contributed by atoms with Gasteiger partial charge in [0, 0.05) is 23.1 Å². The number of ether oxygens (including phenoxy) is 1. The van der Waals surface area contributed by atoms with Gasteiger partial charge in [-0.3, -0.25) is 4.79 Å². The molecule has 0 heterocycles. The molecule has 0 aliphatic heterocycles. The van der Waals surface area contributed by atoms with Gasteiger partial charge < -0.3 is 15.4 Å². The van der Waals surface area contributed by atoms with E-state index in [2.05, 4.69) is 31.3 Å². The van der Waals surface area contributed by atoms with Crippen LogP contribution in [-0.2, 0) is 9.53 Å². The summed E-state index contributed by atoms with van der Waals surface area (Å²) in [7, 11) is 1.38. The van der Waals surface area contributed by atoms with Crippen molar-refractivity contribution in [1.82, 2.24) is 5.32 Å². The van der Waals surface area contributed by atoms with Gasteiger partial charge >= 0.3 is 5.97 Å². The predicted octanol–water partition coefficient (Wildman–Crippen LogP) is 2.69. The first kappa shape index (κ1) is 14.9. The van der Waals surface area contributed by atoms with E-state index in [0.29, 0.717) is 24.5 Å². The van der Waals surface area contributed by atoms with Crippen LogP contribution in [0.4, 0.5) is 5.69 Å². The molecule has 1 aromatic carbocycles. The highest BCUT2D eigenvalue weighted by molar-refractivity contribution is 9.10. The van der Waals surface area contributed by atoms with Gasteiger partial charge in [-0.1, -0.05) is 15.9 Å². The van der Waals surface area contributed by atoms with Crippen LogP contribution < -0.4 is 10.6 Å². The largest absolute Gasteiger partial charge is 0.469 e. The SMILES string of the molecule is COC(=O)CCCNC(=S)Nc1ccc(Br)cc1. The first-order chi connectivity index (χ1) is 8.61. The number of nitrogens with one attached hydrogen (secondary N) is 2. The second-order valence-electron chi connectivity index (χ2n) is 3.57. The molecule has 6 heteroatoms. The van der Waals surface area contributed by atoms with Gasteiger partial charge in [-0.2, -0.15) is 0 Å². The van der Waals surface area contributed by atoms with Gasteiger partial charge in [0.1, 0.15) is 0 Å². The molecule has 0 fully saturated rings. The lowest BCUT2D eigenvalue weighted by Gasteiger charge is -2.10. The normalized spacial score (nSPS) is 9.67. The molecule has 0 bridgehead atoms. The maximum absolute atomic E-state index is 10.9. The van der Waals surface area contributed by atoms with Crippen molar-refractivity contribution in [2.45, 2.75) is 12.8 Å². The van der Waals surface area contributed by atoms with Gasteiger partial charge in [-0.05, 0) is 42.9 Å². The number of carbonyl (C=O) groups is 1. The maximum Gasteiger partial charge on any atom is 0.305 e. The van der Waals surface area contributed by atoms with Gasteiger partial charge in [0.2, 0.25) is 0 Å². The average Bonchev–Trinajstić information content (AvgIpc) is 2.37. The Morgan fingerprint density at radius 1 is 1.39 bits per heavy atom. The van der Waals surface area contributed by atoms with Crippen molar-refractivity contribution in [2.75, 3.05) is 19.0 Å². The standard InChI is InChI=1S/C12H15BrN2O2S/c1-17-11(16)3-2-8-14-12(18)15-10-6-4-9(13)5-7-10/h4-7H,2-3,8H2,1H3,(H2,14,15,18). The Labute approximate surface area is 120 Å². The van der Waals surface area contributed by atoms with Gasteiger partial charge in [-0.15, -0.1) is 0 Å².